The van der Waals surface area contributed by atoms with Gasteiger partial charge in [-0.05, 0) is 26.7 Å². The Hall–Kier alpha value is -0.660. The van der Waals surface area contributed by atoms with Crippen molar-refractivity contribution in [3.05, 3.63) is 0 Å². The molecule has 0 saturated carbocycles. The highest BCUT2D eigenvalue weighted by Gasteiger charge is 2.20. The summed E-state index contributed by atoms with van der Waals surface area (Å²) in [5, 5.41) is 0. The zero-order valence-electron chi connectivity index (χ0n) is 12.2. The fourth-order valence-electron chi connectivity index (χ4n) is 0.498. The van der Waals surface area contributed by atoms with E-state index in [-0.39, 0.29) is 29.8 Å². The highest BCUT2D eigenvalue weighted by atomic mass is 16.1. The first-order valence-corrected chi connectivity index (χ1v) is 6.03. The molecule has 0 aromatic heterocycles. The summed E-state index contributed by atoms with van der Waals surface area (Å²) in [4.78, 5) is 21.4. The maximum absolute atomic E-state index is 10.7. The van der Waals surface area contributed by atoms with E-state index in [0.29, 0.717) is 0 Å². The maximum Gasteiger partial charge on any atom is 0.135 e. The maximum atomic E-state index is 10.7. The average molecular weight is 244 g/mol. The molecule has 0 aromatic rings. The van der Waals surface area contributed by atoms with E-state index in [4.69, 9.17) is 0 Å². The van der Waals surface area contributed by atoms with Crippen molar-refractivity contribution in [2.75, 3.05) is 0 Å². The normalized spacial score (nSPS) is 10.8. The molecule has 0 aliphatic carbocycles. The smallest absolute Gasteiger partial charge is 0.135 e. The molecular weight excluding hydrogens is 212 g/mol. The molecule has 0 aromatic carbocycles. The topological polar surface area (TPSA) is 34.1 Å². The van der Waals surface area contributed by atoms with E-state index in [9.17, 15) is 9.59 Å². The Morgan fingerprint density at radius 1 is 0.765 bits per heavy atom. The number of carbonyl (C=O) groups excluding carboxylic acids is 2. The lowest BCUT2D eigenvalue weighted by Crippen LogP contribution is -2.19. The number of hydrogen-bond acceptors (Lipinski definition) is 2. The van der Waals surface area contributed by atoms with Crippen LogP contribution in [0.2, 0.25) is 0 Å². The predicted octanol–water partition coefficient (Wildman–Crippen LogP) is 4.66. The van der Waals surface area contributed by atoms with Gasteiger partial charge in [0.05, 0.1) is 0 Å². The van der Waals surface area contributed by atoms with Crippen LogP contribution in [-0.2, 0) is 9.59 Å². The minimum Gasteiger partial charge on any atom is -0.299 e. The molecule has 104 valence electrons. The van der Waals surface area contributed by atoms with Crippen LogP contribution in [0.3, 0.4) is 0 Å². The Labute approximate surface area is 108 Å². The molecule has 0 bridgehead atoms. The highest BCUT2D eigenvalue weighted by molar-refractivity contribution is 5.81. The van der Waals surface area contributed by atoms with Crippen molar-refractivity contribution in [3.8, 4) is 0 Å². The van der Waals surface area contributed by atoms with Gasteiger partial charge in [0.2, 0.25) is 0 Å². The Balaban J connectivity index is -0.000000218. The van der Waals surface area contributed by atoms with E-state index in [0.717, 1.165) is 12.8 Å². The predicted molar refractivity (Wildman–Crippen MR) is 76.2 cm³/mol. The molecular formula is C15H32O2. The van der Waals surface area contributed by atoms with E-state index in [1.807, 2.05) is 41.5 Å². The Kier molecular flexibility index (Phi) is 10.7. The Bertz CT molecular complexity index is 211. The van der Waals surface area contributed by atoms with Gasteiger partial charge in [-0.2, -0.15) is 0 Å². The van der Waals surface area contributed by atoms with Crippen molar-refractivity contribution < 1.29 is 9.59 Å². The van der Waals surface area contributed by atoms with E-state index < -0.39 is 0 Å². The van der Waals surface area contributed by atoms with Gasteiger partial charge in [-0.15, -0.1) is 0 Å². The summed E-state index contributed by atoms with van der Waals surface area (Å²) in [6.45, 7) is 15.2. The number of hydrogen-bond donors (Lipinski definition) is 0. The summed E-state index contributed by atoms with van der Waals surface area (Å²) >= 11 is 0. The largest absolute Gasteiger partial charge is 0.299 e. The lowest BCUT2D eigenvalue weighted by molar-refractivity contribution is -0.125. The van der Waals surface area contributed by atoms with E-state index >= 15 is 0 Å². The lowest BCUT2D eigenvalue weighted by Gasteiger charge is -2.17. The van der Waals surface area contributed by atoms with Gasteiger partial charge in [0.15, 0.2) is 0 Å². The quantitative estimate of drug-likeness (QED) is 0.720. The van der Waals surface area contributed by atoms with Crippen LogP contribution in [-0.4, -0.2) is 11.6 Å². The first-order valence-electron chi connectivity index (χ1n) is 6.03. The SMILES string of the molecule is C.CCC(C)(C)C(C)=O.CCC(C)(C)C(C)=O. The van der Waals surface area contributed by atoms with Crippen LogP contribution in [0, 0.1) is 10.8 Å². The van der Waals surface area contributed by atoms with Gasteiger partial charge in [-0.3, -0.25) is 9.59 Å². The third-order valence-corrected chi connectivity index (χ3v) is 3.67. The van der Waals surface area contributed by atoms with Crippen molar-refractivity contribution in [3.63, 3.8) is 0 Å². The van der Waals surface area contributed by atoms with Gasteiger partial charge in [0.25, 0.3) is 0 Å². The molecule has 0 saturated heterocycles. The van der Waals surface area contributed by atoms with Crippen LogP contribution in [0.1, 0.15) is 75.7 Å². The third kappa shape index (κ3) is 9.08. The van der Waals surface area contributed by atoms with Crippen LogP contribution in [0.4, 0.5) is 0 Å². The molecule has 0 amide bonds. The molecule has 0 aliphatic heterocycles. The van der Waals surface area contributed by atoms with E-state index in [2.05, 4.69) is 0 Å². The fourth-order valence-corrected chi connectivity index (χ4v) is 0.498. The first-order chi connectivity index (χ1) is 7.01. The summed E-state index contributed by atoms with van der Waals surface area (Å²) in [7, 11) is 0. The average Bonchev–Trinajstić information content (AvgIpc) is 2.18. The van der Waals surface area contributed by atoms with Crippen LogP contribution >= 0.6 is 0 Å². The molecule has 2 nitrogen and oxygen atoms in total. The van der Waals surface area contributed by atoms with Gasteiger partial charge in [0, 0.05) is 10.8 Å². The molecule has 0 heterocycles. The third-order valence-electron chi connectivity index (χ3n) is 3.67. The van der Waals surface area contributed by atoms with Crippen molar-refractivity contribution in [1.82, 2.24) is 0 Å². The van der Waals surface area contributed by atoms with Crippen molar-refractivity contribution in [1.29, 1.82) is 0 Å². The number of Topliss-reactive ketones (excluding diaryl/α,β-unsaturated/α-hetero) is 2. The lowest BCUT2D eigenvalue weighted by atomic mass is 9.86. The monoisotopic (exact) mass is 244 g/mol. The van der Waals surface area contributed by atoms with Gasteiger partial charge in [-0.1, -0.05) is 49.0 Å². The van der Waals surface area contributed by atoms with Crippen molar-refractivity contribution >= 4 is 11.6 Å². The second-order valence-corrected chi connectivity index (χ2v) is 5.59. The van der Waals surface area contributed by atoms with Crippen molar-refractivity contribution in [2.24, 2.45) is 10.8 Å². The molecule has 0 spiro atoms. The standard InChI is InChI=1S/2C7H14O.CH4/c2*1-5-7(3,4)6(2)8;/h2*5H2,1-4H3;1H4. The molecule has 0 aliphatic rings. The van der Waals surface area contributed by atoms with Gasteiger partial charge in [-0.25, -0.2) is 0 Å². The highest BCUT2D eigenvalue weighted by Crippen LogP contribution is 2.20. The van der Waals surface area contributed by atoms with Gasteiger partial charge in [0.1, 0.15) is 11.6 Å². The van der Waals surface area contributed by atoms with Crippen LogP contribution in [0.5, 0.6) is 0 Å². The Morgan fingerprint density at radius 3 is 0.941 bits per heavy atom. The zero-order valence-corrected chi connectivity index (χ0v) is 12.2. The molecule has 0 unspecified atom stereocenters. The summed E-state index contributed by atoms with van der Waals surface area (Å²) in [5.74, 6) is 0.556. The summed E-state index contributed by atoms with van der Waals surface area (Å²) in [6.07, 6.45) is 1.87. The van der Waals surface area contributed by atoms with Crippen LogP contribution < -0.4 is 0 Å². The number of ketones is 2. The number of rotatable bonds is 4. The first kappa shape index (κ1) is 21.6. The van der Waals surface area contributed by atoms with Gasteiger partial charge >= 0.3 is 0 Å². The number of carbonyl (C=O) groups is 2. The van der Waals surface area contributed by atoms with Gasteiger partial charge < -0.3 is 0 Å². The van der Waals surface area contributed by atoms with Crippen LogP contribution in [0.15, 0.2) is 0 Å². The molecule has 0 radical (unpaired) electrons. The minimum atomic E-state index is -0.0972. The zero-order chi connectivity index (χ0) is 13.6. The van der Waals surface area contributed by atoms with E-state index in [1.54, 1.807) is 13.8 Å². The van der Waals surface area contributed by atoms with Crippen LogP contribution in [0.25, 0.3) is 0 Å². The molecule has 0 N–H and O–H groups in total. The molecule has 2 heteroatoms. The second kappa shape index (κ2) is 8.43. The Morgan fingerprint density at radius 2 is 0.941 bits per heavy atom. The molecule has 0 rings (SSSR count). The molecule has 0 fully saturated rings. The second-order valence-electron chi connectivity index (χ2n) is 5.59. The fraction of sp³-hybridized carbons (Fsp3) is 0.867. The minimum absolute atomic E-state index is 0. The van der Waals surface area contributed by atoms with Crippen molar-refractivity contribution in [2.45, 2.75) is 75.7 Å². The summed E-state index contributed by atoms with van der Waals surface area (Å²) in [5.41, 5.74) is -0.194. The van der Waals surface area contributed by atoms with E-state index in [1.165, 1.54) is 0 Å². The molecule has 0 atom stereocenters. The summed E-state index contributed by atoms with van der Waals surface area (Å²) < 4.78 is 0. The summed E-state index contributed by atoms with van der Waals surface area (Å²) in [6, 6.07) is 0. The molecule has 17 heavy (non-hydrogen) atoms.